The molecule has 0 aliphatic heterocycles. The second-order valence-electron chi connectivity index (χ2n) is 4.75. The normalized spacial score (nSPS) is 12.3. The Labute approximate surface area is 122 Å². The number of aromatic carboxylic acids is 1. The number of nitrogens with zero attached hydrogens (tertiary/aromatic N) is 1. The number of nitrogens with one attached hydrogen (secondary N) is 1. The van der Waals surface area contributed by atoms with Crippen LogP contribution in [-0.4, -0.2) is 16.1 Å². The van der Waals surface area contributed by atoms with Crippen LogP contribution in [0.4, 0.5) is 0 Å². The van der Waals surface area contributed by atoms with Gasteiger partial charge in [-0.2, -0.15) is 0 Å². The molecule has 1 atom stereocenters. The van der Waals surface area contributed by atoms with Crippen LogP contribution in [0.1, 0.15) is 44.5 Å². The summed E-state index contributed by atoms with van der Waals surface area (Å²) in [5.74, 6) is -0.889. The average molecular weight is 290 g/mol. The Balaban J connectivity index is 2.09. The molecule has 2 aromatic rings. The fraction of sp³-hybridized carbons (Fsp3) is 0.333. The number of carboxylic acids is 1. The van der Waals surface area contributed by atoms with Gasteiger partial charge < -0.3 is 10.4 Å². The van der Waals surface area contributed by atoms with Gasteiger partial charge in [-0.3, -0.25) is 0 Å². The lowest BCUT2D eigenvalue weighted by atomic mass is 10.1. The minimum absolute atomic E-state index is 0.156. The number of benzene rings is 1. The maximum Gasteiger partial charge on any atom is 0.336 e. The van der Waals surface area contributed by atoms with E-state index in [1.165, 1.54) is 4.88 Å². The Morgan fingerprint density at radius 2 is 2.10 bits per heavy atom. The Kier molecular flexibility index (Phi) is 4.52. The summed E-state index contributed by atoms with van der Waals surface area (Å²) in [7, 11) is 0. The first kappa shape index (κ1) is 14.7. The first-order valence-electron chi connectivity index (χ1n) is 6.47. The van der Waals surface area contributed by atoms with Crippen LogP contribution in [0, 0.1) is 13.8 Å². The van der Waals surface area contributed by atoms with E-state index < -0.39 is 5.97 Å². The zero-order valence-electron chi connectivity index (χ0n) is 11.8. The summed E-state index contributed by atoms with van der Waals surface area (Å²) in [6.45, 7) is 6.60. The fourth-order valence-electron chi connectivity index (χ4n) is 2.19. The molecular formula is C15H18N2O2S. The van der Waals surface area contributed by atoms with E-state index in [1.807, 2.05) is 26.0 Å². The highest BCUT2D eigenvalue weighted by Gasteiger charge is 2.14. The van der Waals surface area contributed by atoms with E-state index in [0.29, 0.717) is 12.1 Å². The third kappa shape index (κ3) is 3.23. The maximum atomic E-state index is 11.2. The van der Waals surface area contributed by atoms with Crippen molar-refractivity contribution < 1.29 is 9.90 Å². The van der Waals surface area contributed by atoms with Crippen LogP contribution < -0.4 is 5.32 Å². The number of carboxylic acid groups (broad SMARTS) is 1. The molecule has 2 N–H and O–H groups in total. The maximum absolute atomic E-state index is 11.2. The first-order valence-corrected chi connectivity index (χ1v) is 7.29. The lowest BCUT2D eigenvalue weighted by Gasteiger charge is -2.14. The summed E-state index contributed by atoms with van der Waals surface area (Å²) < 4.78 is 0. The van der Waals surface area contributed by atoms with Gasteiger partial charge in [-0.05, 0) is 32.4 Å². The molecule has 0 amide bonds. The van der Waals surface area contributed by atoms with Crippen LogP contribution in [0.15, 0.2) is 24.3 Å². The molecule has 2 rings (SSSR count). The van der Waals surface area contributed by atoms with Gasteiger partial charge in [-0.25, -0.2) is 9.78 Å². The van der Waals surface area contributed by atoms with E-state index in [0.717, 1.165) is 16.3 Å². The molecule has 0 radical (unpaired) electrons. The predicted molar refractivity (Wildman–Crippen MR) is 80.2 cm³/mol. The van der Waals surface area contributed by atoms with Crippen LogP contribution in [0.5, 0.6) is 0 Å². The summed E-state index contributed by atoms with van der Waals surface area (Å²) in [5, 5.41) is 13.6. The average Bonchev–Trinajstić information content (AvgIpc) is 2.75. The van der Waals surface area contributed by atoms with Crippen molar-refractivity contribution in [2.24, 2.45) is 0 Å². The van der Waals surface area contributed by atoms with Crippen LogP contribution in [0.2, 0.25) is 0 Å². The van der Waals surface area contributed by atoms with Crippen molar-refractivity contribution in [3.63, 3.8) is 0 Å². The molecule has 0 saturated heterocycles. The molecule has 1 aromatic carbocycles. The third-order valence-corrected chi connectivity index (χ3v) is 4.43. The van der Waals surface area contributed by atoms with Gasteiger partial charge in [0.1, 0.15) is 0 Å². The highest BCUT2D eigenvalue weighted by atomic mass is 32.1. The molecule has 106 valence electrons. The van der Waals surface area contributed by atoms with Gasteiger partial charge in [0, 0.05) is 17.5 Å². The topological polar surface area (TPSA) is 62.2 Å². The van der Waals surface area contributed by atoms with Crippen molar-refractivity contribution in [1.29, 1.82) is 0 Å². The molecular weight excluding hydrogens is 272 g/mol. The quantitative estimate of drug-likeness (QED) is 0.887. The summed E-state index contributed by atoms with van der Waals surface area (Å²) in [6.07, 6.45) is 0. The van der Waals surface area contributed by atoms with E-state index in [9.17, 15) is 4.79 Å². The highest BCUT2D eigenvalue weighted by molar-refractivity contribution is 7.11. The molecule has 20 heavy (non-hydrogen) atoms. The van der Waals surface area contributed by atoms with E-state index in [1.54, 1.807) is 23.5 Å². The van der Waals surface area contributed by atoms with E-state index in [-0.39, 0.29) is 6.04 Å². The molecule has 5 heteroatoms. The first-order chi connectivity index (χ1) is 9.49. The Hall–Kier alpha value is -1.72. The SMILES string of the molecule is Cc1nc(C)c(C(C)NCc2ccccc2C(=O)O)s1. The van der Waals surface area contributed by atoms with Gasteiger partial charge >= 0.3 is 5.97 Å². The standard InChI is InChI=1S/C15H18N2O2S/c1-9(14-10(2)17-11(3)20-14)16-8-12-6-4-5-7-13(12)15(18)19/h4-7,9,16H,8H2,1-3H3,(H,18,19). The van der Waals surface area contributed by atoms with Crippen molar-refractivity contribution in [2.75, 3.05) is 0 Å². The zero-order chi connectivity index (χ0) is 14.7. The molecule has 0 bridgehead atoms. The molecule has 0 aliphatic rings. The largest absolute Gasteiger partial charge is 0.478 e. The number of aromatic nitrogens is 1. The monoisotopic (exact) mass is 290 g/mol. The summed E-state index contributed by atoms with van der Waals surface area (Å²) in [5.41, 5.74) is 2.19. The van der Waals surface area contributed by atoms with Gasteiger partial charge in [-0.1, -0.05) is 18.2 Å². The van der Waals surface area contributed by atoms with Crippen LogP contribution in [0.3, 0.4) is 0 Å². The van der Waals surface area contributed by atoms with Crippen molar-refractivity contribution in [2.45, 2.75) is 33.4 Å². The number of rotatable bonds is 5. The summed E-state index contributed by atoms with van der Waals surface area (Å²) >= 11 is 1.68. The van der Waals surface area contributed by atoms with Crippen molar-refractivity contribution in [3.05, 3.63) is 51.0 Å². The third-order valence-electron chi connectivity index (χ3n) is 3.18. The minimum Gasteiger partial charge on any atom is -0.478 e. The van der Waals surface area contributed by atoms with E-state index in [4.69, 9.17) is 5.11 Å². The number of carbonyl (C=O) groups is 1. The Bertz CT molecular complexity index is 622. The fourth-order valence-corrected chi connectivity index (χ4v) is 3.14. The van der Waals surface area contributed by atoms with Gasteiger partial charge in [0.05, 0.1) is 16.3 Å². The molecule has 4 nitrogen and oxygen atoms in total. The summed E-state index contributed by atoms with van der Waals surface area (Å²) in [4.78, 5) is 16.8. The number of thiazole rings is 1. The number of hydrogen-bond acceptors (Lipinski definition) is 4. The van der Waals surface area contributed by atoms with Crippen molar-refractivity contribution in [3.8, 4) is 0 Å². The van der Waals surface area contributed by atoms with Gasteiger partial charge in [0.25, 0.3) is 0 Å². The van der Waals surface area contributed by atoms with Crippen molar-refractivity contribution in [1.82, 2.24) is 10.3 Å². The lowest BCUT2D eigenvalue weighted by Crippen LogP contribution is -2.19. The number of hydrogen-bond donors (Lipinski definition) is 2. The van der Waals surface area contributed by atoms with Crippen LogP contribution in [0.25, 0.3) is 0 Å². The summed E-state index contributed by atoms with van der Waals surface area (Å²) in [6, 6.07) is 7.23. The van der Waals surface area contributed by atoms with Gasteiger partial charge in [-0.15, -0.1) is 11.3 Å². The number of aryl methyl sites for hydroxylation is 2. The van der Waals surface area contributed by atoms with E-state index >= 15 is 0 Å². The second kappa shape index (κ2) is 6.15. The Morgan fingerprint density at radius 1 is 1.40 bits per heavy atom. The van der Waals surface area contributed by atoms with Crippen molar-refractivity contribution >= 4 is 17.3 Å². The highest BCUT2D eigenvalue weighted by Crippen LogP contribution is 2.24. The lowest BCUT2D eigenvalue weighted by molar-refractivity contribution is 0.0695. The molecule has 0 aliphatic carbocycles. The molecule has 1 unspecified atom stereocenters. The van der Waals surface area contributed by atoms with Gasteiger partial charge in [0.2, 0.25) is 0 Å². The Morgan fingerprint density at radius 3 is 2.70 bits per heavy atom. The van der Waals surface area contributed by atoms with Gasteiger partial charge in [0.15, 0.2) is 0 Å². The molecule has 1 heterocycles. The van der Waals surface area contributed by atoms with Crippen LogP contribution >= 0.6 is 11.3 Å². The second-order valence-corrected chi connectivity index (χ2v) is 5.98. The predicted octanol–water partition coefficient (Wildman–Crippen LogP) is 3.31. The van der Waals surface area contributed by atoms with Crippen LogP contribution in [-0.2, 0) is 6.54 Å². The molecule has 0 fully saturated rings. The molecule has 1 aromatic heterocycles. The minimum atomic E-state index is -0.889. The molecule has 0 saturated carbocycles. The smallest absolute Gasteiger partial charge is 0.336 e. The van der Waals surface area contributed by atoms with E-state index in [2.05, 4.69) is 17.2 Å². The molecule has 0 spiro atoms. The zero-order valence-corrected chi connectivity index (χ0v) is 12.6.